The minimum absolute atomic E-state index is 0.0217. The van der Waals surface area contributed by atoms with E-state index in [2.05, 4.69) is 6.58 Å². The number of alkyl halides is 3. The summed E-state index contributed by atoms with van der Waals surface area (Å²) in [5.74, 6) is -2.00. The first kappa shape index (κ1) is 24.6. The Balaban J connectivity index is 2.05. The van der Waals surface area contributed by atoms with Crippen molar-refractivity contribution in [1.29, 1.82) is 0 Å². The van der Waals surface area contributed by atoms with E-state index in [1.807, 2.05) is 13.0 Å². The summed E-state index contributed by atoms with van der Waals surface area (Å²) in [7, 11) is 0. The Kier molecular flexibility index (Phi) is 5.97. The summed E-state index contributed by atoms with van der Waals surface area (Å²) in [5, 5.41) is 20.8. The molecule has 0 saturated carbocycles. The van der Waals surface area contributed by atoms with Gasteiger partial charge >= 0.3 is 0 Å². The van der Waals surface area contributed by atoms with Crippen molar-refractivity contribution >= 4 is 46.4 Å². The molecule has 8 heteroatoms. The first-order chi connectivity index (χ1) is 15.2. The number of carbonyl (C=O) groups excluding carboxylic acids is 2. The molecule has 0 amide bonds. The van der Waals surface area contributed by atoms with Gasteiger partial charge in [0.25, 0.3) is 0 Å². The number of fused-ring (bicyclic) bond motifs is 1. The van der Waals surface area contributed by atoms with Crippen molar-refractivity contribution in [3.05, 3.63) is 46.6 Å². The van der Waals surface area contributed by atoms with Crippen molar-refractivity contribution in [1.82, 2.24) is 0 Å². The van der Waals surface area contributed by atoms with Gasteiger partial charge in [-0.1, -0.05) is 23.8 Å². The molecule has 4 bridgehead atoms. The summed E-state index contributed by atoms with van der Waals surface area (Å²) in [6.45, 7) is 9.45. The molecule has 1 spiro atoms. The minimum atomic E-state index is -1.82. The molecule has 1 fully saturated rings. The average Bonchev–Trinajstić information content (AvgIpc) is 2.73. The summed E-state index contributed by atoms with van der Waals surface area (Å²) in [6, 6.07) is 1.21. The van der Waals surface area contributed by atoms with Gasteiger partial charge in [0.15, 0.2) is 17.2 Å². The molecule has 6 rings (SSSR count). The summed E-state index contributed by atoms with van der Waals surface area (Å²) in [5.41, 5.74) is -1.40. The number of ether oxygens (including phenoxy) is 1. The van der Waals surface area contributed by atoms with E-state index in [-0.39, 0.29) is 41.7 Å². The molecule has 178 valence electrons. The minimum Gasteiger partial charge on any atom is -0.507 e. The topological polar surface area (TPSA) is 83.8 Å². The molecule has 0 unspecified atom stereocenters. The van der Waals surface area contributed by atoms with Gasteiger partial charge < -0.3 is 14.9 Å². The lowest BCUT2D eigenvalue weighted by Gasteiger charge is -2.56. The maximum atomic E-state index is 14.0. The zero-order valence-electron chi connectivity index (χ0n) is 18.8. The maximum absolute atomic E-state index is 14.0. The largest absolute Gasteiger partial charge is 0.507 e. The number of halogens is 3. The third kappa shape index (κ3) is 3.54. The van der Waals surface area contributed by atoms with Gasteiger partial charge in [-0.3, -0.25) is 9.59 Å². The van der Waals surface area contributed by atoms with Gasteiger partial charge in [0.2, 0.25) is 0 Å². The van der Waals surface area contributed by atoms with Crippen LogP contribution in [0, 0.1) is 0 Å². The predicted molar refractivity (Wildman–Crippen MR) is 129 cm³/mol. The molecule has 0 radical (unpaired) electrons. The second-order valence-electron chi connectivity index (χ2n) is 9.90. The van der Waals surface area contributed by atoms with E-state index in [0.717, 1.165) is 5.57 Å². The Bertz CT molecular complexity index is 1110. The molecule has 1 heterocycles. The molecule has 1 saturated heterocycles. The molecule has 5 aliphatic rings. The van der Waals surface area contributed by atoms with Gasteiger partial charge in [-0.2, -0.15) is 0 Å². The lowest BCUT2D eigenvalue weighted by molar-refractivity contribution is -0.157. The van der Waals surface area contributed by atoms with E-state index < -0.39 is 44.1 Å². The van der Waals surface area contributed by atoms with Crippen LogP contribution in [0.2, 0.25) is 0 Å². The molecule has 2 N–H and O–H groups in total. The number of ketones is 2. The molecule has 33 heavy (non-hydrogen) atoms. The number of Topliss-reactive ketones (excluding diaryl/α,β-unsaturated/α-hetero) is 2. The summed E-state index contributed by atoms with van der Waals surface area (Å²) in [4.78, 5) is 26.1. The highest BCUT2D eigenvalue weighted by Gasteiger charge is 2.70. The van der Waals surface area contributed by atoms with Gasteiger partial charge in [-0.15, -0.1) is 34.8 Å². The first-order valence-corrected chi connectivity index (χ1v) is 12.2. The van der Waals surface area contributed by atoms with Crippen LogP contribution in [0.5, 0.6) is 11.5 Å². The van der Waals surface area contributed by atoms with Gasteiger partial charge in [-0.25, -0.2) is 0 Å². The predicted octanol–water partition coefficient (Wildman–Crippen LogP) is 5.84. The second-order valence-corrected chi connectivity index (χ2v) is 11.6. The fraction of sp³-hybridized carbons (Fsp3) is 0.520. The Morgan fingerprint density at radius 2 is 1.85 bits per heavy atom. The van der Waals surface area contributed by atoms with Crippen molar-refractivity contribution in [2.75, 3.05) is 0 Å². The normalized spacial score (nSPS) is 34.1. The highest BCUT2D eigenvalue weighted by Crippen LogP contribution is 2.57. The van der Waals surface area contributed by atoms with Gasteiger partial charge in [0.1, 0.15) is 16.4 Å². The van der Waals surface area contributed by atoms with Crippen molar-refractivity contribution in [2.45, 2.75) is 79.7 Å². The van der Waals surface area contributed by atoms with Crippen molar-refractivity contribution in [3.63, 3.8) is 0 Å². The number of phenols is 2. The lowest BCUT2D eigenvalue weighted by atomic mass is 9.63. The number of hydrogen-bond acceptors (Lipinski definition) is 5. The van der Waals surface area contributed by atoms with E-state index >= 15 is 0 Å². The highest BCUT2D eigenvalue weighted by atomic mass is 35.5. The zero-order chi connectivity index (χ0) is 24.5. The molecule has 1 aromatic rings. The third-order valence-electron chi connectivity index (χ3n) is 7.25. The summed E-state index contributed by atoms with van der Waals surface area (Å²) < 4.78 is 6.35. The van der Waals surface area contributed by atoms with Crippen LogP contribution in [-0.4, -0.2) is 48.6 Å². The van der Waals surface area contributed by atoms with Crippen molar-refractivity contribution in [2.24, 2.45) is 0 Å². The first-order valence-electron chi connectivity index (χ1n) is 10.9. The molecule has 4 aliphatic carbocycles. The quantitative estimate of drug-likeness (QED) is 0.336. The van der Waals surface area contributed by atoms with Gasteiger partial charge in [-0.05, 0) is 46.1 Å². The van der Waals surface area contributed by atoms with Gasteiger partial charge in [0.05, 0.1) is 21.9 Å². The highest BCUT2D eigenvalue weighted by molar-refractivity contribution is 6.45. The number of carbonyl (C=O) groups is 2. The van der Waals surface area contributed by atoms with Crippen LogP contribution >= 0.6 is 34.8 Å². The van der Waals surface area contributed by atoms with Crippen molar-refractivity contribution < 1.29 is 24.5 Å². The number of hydrogen-bond donors (Lipinski definition) is 2. The van der Waals surface area contributed by atoms with Crippen LogP contribution < -0.4 is 0 Å². The number of aromatic hydroxyl groups is 2. The number of benzene rings is 1. The van der Waals surface area contributed by atoms with Crippen LogP contribution in [0.3, 0.4) is 0 Å². The Hall–Kier alpha value is -1.53. The molecule has 1 aliphatic heterocycles. The summed E-state index contributed by atoms with van der Waals surface area (Å²) >= 11 is 20.1. The fourth-order valence-corrected chi connectivity index (χ4v) is 6.05. The van der Waals surface area contributed by atoms with Crippen LogP contribution in [0.1, 0.15) is 72.7 Å². The zero-order valence-corrected chi connectivity index (χ0v) is 21.1. The van der Waals surface area contributed by atoms with Crippen LogP contribution in [0.25, 0.3) is 0 Å². The van der Waals surface area contributed by atoms with E-state index in [0.29, 0.717) is 18.4 Å². The molecule has 5 nitrogen and oxygen atoms in total. The number of rotatable bonds is 0. The Morgan fingerprint density at radius 3 is 2.52 bits per heavy atom. The smallest absolute Gasteiger partial charge is 0.198 e. The molecule has 0 aromatic heterocycles. The second kappa shape index (κ2) is 8.01. The number of phenolic OH excluding ortho intramolecular Hbond substituents is 2. The third-order valence-corrected chi connectivity index (χ3v) is 9.09. The van der Waals surface area contributed by atoms with E-state index in [4.69, 9.17) is 39.5 Å². The average molecular weight is 514 g/mol. The van der Waals surface area contributed by atoms with E-state index in [1.165, 1.54) is 6.07 Å². The van der Waals surface area contributed by atoms with Gasteiger partial charge in [0, 0.05) is 24.0 Å². The molecular weight excluding hydrogens is 487 g/mol. The molecule has 4 atom stereocenters. The SMILES string of the molecule is C=C1Cc2c(O)cc3c(c2O)C(=O)[C@@]2(Cl)C[C@@H](Cl)C(C)(C)O[C@@]2(CC=C(C)CC[C@@H]1Cl)C3=O. The fourth-order valence-electron chi connectivity index (χ4n) is 5.06. The molecular formula is C25H27Cl3O5. The summed E-state index contributed by atoms with van der Waals surface area (Å²) in [6.07, 6.45) is 3.12. The van der Waals surface area contributed by atoms with Crippen LogP contribution in [-0.2, 0) is 11.2 Å². The maximum Gasteiger partial charge on any atom is 0.198 e. The standard InChI is InChI=1S/C25H27Cl3O5/c1-12-5-6-16(26)13(2)9-14-17(29)10-15-19(20(14)30)22(32)24(28)11-18(27)23(3,4)33-25(24,8-7-12)21(15)31/h7,10,16,18,29-30H,2,5-6,8-9,11H2,1,3-4H3/t16-,18+,24-,25-/m0/s1. The lowest BCUT2D eigenvalue weighted by Crippen LogP contribution is -2.72. The Morgan fingerprint density at radius 1 is 1.18 bits per heavy atom. The Labute approximate surface area is 208 Å². The van der Waals surface area contributed by atoms with E-state index in [1.54, 1.807) is 13.8 Å². The van der Waals surface area contributed by atoms with Crippen LogP contribution in [0.15, 0.2) is 29.9 Å². The molecule has 1 aromatic carbocycles. The number of allylic oxidation sites excluding steroid dienone is 2. The van der Waals surface area contributed by atoms with Crippen molar-refractivity contribution in [3.8, 4) is 11.5 Å². The van der Waals surface area contributed by atoms with Crippen LogP contribution in [0.4, 0.5) is 0 Å². The van der Waals surface area contributed by atoms with E-state index in [9.17, 15) is 19.8 Å². The monoisotopic (exact) mass is 512 g/mol.